The molecule has 0 fully saturated rings. The Labute approximate surface area is 107 Å². The van der Waals surface area contributed by atoms with Crippen molar-refractivity contribution in [3.63, 3.8) is 0 Å². The summed E-state index contributed by atoms with van der Waals surface area (Å²) in [4.78, 5) is 0. The molecular formula is C16H17NO. The minimum atomic E-state index is -0.310. The van der Waals surface area contributed by atoms with Crippen molar-refractivity contribution in [2.45, 2.75) is 25.0 Å². The summed E-state index contributed by atoms with van der Waals surface area (Å²) in [7, 11) is 0. The van der Waals surface area contributed by atoms with E-state index >= 15 is 0 Å². The van der Waals surface area contributed by atoms with Gasteiger partial charge in [-0.2, -0.15) is 0 Å². The average molecular weight is 239 g/mol. The van der Waals surface area contributed by atoms with Crippen LogP contribution in [0.5, 0.6) is 0 Å². The number of aliphatic hydroxyl groups excluding tert-OH is 1. The lowest BCUT2D eigenvalue weighted by Crippen LogP contribution is -2.20. The first-order chi connectivity index (χ1) is 8.84. The Morgan fingerprint density at radius 1 is 0.833 bits per heavy atom. The molecule has 18 heavy (non-hydrogen) atoms. The number of anilines is 1. The molecule has 2 N–H and O–H groups in total. The van der Waals surface area contributed by atoms with Gasteiger partial charge in [0.05, 0.1) is 12.1 Å². The number of rotatable bonds is 2. The van der Waals surface area contributed by atoms with Crippen molar-refractivity contribution >= 4 is 5.69 Å². The maximum atomic E-state index is 10.0. The van der Waals surface area contributed by atoms with E-state index in [-0.39, 0.29) is 6.10 Å². The zero-order chi connectivity index (χ0) is 12.4. The number of fused-ring (bicyclic) bond motifs is 1. The summed E-state index contributed by atoms with van der Waals surface area (Å²) in [6.07, 6.45) is 1.48. The van der Waals surface area contributed by atoms with Gasteiger partial charge in [0.2, 0.25) is 0 Å². The molecule has 2 aromatic rings. The monoisotopic (exact) mass is 239 g/mol. The van der Waals surface area contributed by atoms with E-state index in [0.717, 1.165) is 24.1 Å². The topological polar surface area (TPSA) is 32.3 Å². The third-order valence-electron chi connectivity index (χ3n) is 3.57. The molecule has 0 radical (unpaired) electrons. The Morgan fingerprint density at radius 2 is 1.50 bits per heavy atom. The summed E-state index contributed by atoms with van der Waals surface area (Å²) in [6, 6.07) is 18.7. The van der Waals surface area contributed by atoms with Gasteiger partial charge in [0.25, 0.3) is 0 Å². The van der Waals surface area contributed by atoms with Crippen molar-refractivity contribution in [2.75, 3.05) is 5.32 Å². The van der Waals surface area contributed by atoms with E-state index in [1.807, 2.05) is 36.4 Å². The van der Waals surface area contributed by atoms with Crippen LogP contribution in [0.1, 0.15) is 36.1 Å². The first kappa shape index (κ1) is 11.3. The second kappa shape index (κ2) is 4.83. The third-order valence-corrected chi connectivity index (χ3v) is 3.57. The van der Waals surface area contributed by atoms with Crippen LogP contribution in [0, 0.1) is 0 Å². The van der Waals surface area contributed by atoms with Gasteiger partial charge >= 0.3 is 0 Å². The van der Waals surface area contributed by atoms with Crippen LogP contribution < -0.4 is 5.32 Å². The Hall–Kier alpha value is -1.80. The van der Waals surface area contributed by atoms with Gasteiger partial charge in [0, 0.05) is 5.69 Å². The molecule has 92 valence electrons. The van der Waals surface area contributed by atoms with E-state index in [4.69, 9.17) is 0 Å². The van der Waals surface area contributed by atoms with E-state index < -0.39 is 0 Å². The Kier molecular flexibility index (Phi) is 3.03. The molecule has 1 aliphatic carbocycles. The molecule has 0 unspecified atom stereocenters. The molecule has 0 spiro atoms. The second-order valence-electron chi connectivity index (χ2n) is 4.79. The first-order valence-electron chi connectivity index (χ1n) is 6.43. The number of nitrogens with one attached hydrogen (secondary N) is 1. The van der Waals surface area contributed by atoms with Gasteiger partial charge in [0.15, 0.2) is 0 Å². The lowest BCUT2D eigenvalue weighted by atomic mass is 9.85. The van der Waals surface area contributed by atoms with Crippen molar-refractivity contribution in [3.05, 3.63) is 65.7 Å². The Morgan fingerprint density at radius 3 is 2.28 bits per heavy atom. The minimum Gasteiger partial charge on any atom is -0.388 e. The lowest BCUT2D eigenvalue weighted by Gasteiger charge is -2.30. The molecule has 0 bridgehead atoms. The predicted molar refractivity (Wildman–Crippen MR) is 73.4 cm³/mol. The molecule has 3 rings (SSSR count). The van der Waals surface area contributed by atoms with E-state index in [9.17, 15) is 5.11 Å². The van der Waals surface area contributed by atoms with Crippen LogP contribution >= 0.6 is 0 Å². The predicted octanol–water partition coefficient (Wildman–Crippen LogP) is 3.67. The van der Waals surface area contributed by atoms with Crippen LogP contribution in [0.4, 0.5) is 5.69 Å². The molecule has 1 aliphatic rings. The Bertz CT molecular complexity index is 524. The lowest BCUT2D eigenvalue weighted by molar-refractivity contribution is 0.152. The van der Waals surface area contributed by atoms with E-state index in [1.165, 1.54) is 5.56 Å². The van der Waals surface area contributed by atoms with Gasteiger partial charge in [0.1, 0.15) is 0 Å². The van der Waals surface area contributed by atoms with Crippen LogP contribution in [-0.4, -0.2) is 5.11 Å². The molecule has 2 nitrogen and oxygen atoms in total. The van der Waals surface area contributed by atoms with Gasteiger partial charge in [-0.05, 0) is 36.1 Å². The zero-order valence-electron chi connectivity index (χ0n) is 10.2. The largest absolute Gasteiger partial charge is 0.388 e. The van der Waals surface area contributed by atoms with Gasteiger partial charge in [-0.15, -0.1) is 0 Å². The summed E-state index contributed by atoms with van der Waals surface area (Å²) in [5, 5.41) is 13.6. The number of aliphatic hydroxyl groups is 1. The normalized spacial score (nSPS) is 22.3. The summed E-state index contributed by atoms with van der Waals surface area (Å²) in [5.74, 6) is 0. The molecule has 0 saturated heterocycles. The Balaban J connectivity index is 1.89. The van der Waals surface area contributed by atoms with Crippen LogP contribution in [-0.2, 0) is 0 Å². The maximum Gasteiger partial charge on any atom is 0.0794 e. The molecule has 2 aromatic carbocycles. The van der Waals surface area contributed by atoms with Gasteiger partial charge in [-0.1, -0.05) is 42.5 Å². The number of benzene rings is 2. The van der Waals surface area contributed by atoms with Crippen molar-refractivity contribution < 1.29 is 5.11 Å². The average Bonchev–Trinajstić information content (AvgIpc) is 2.44. The summed E-state index contributed by atoms with van der Waals surface area (Å²) < 4.78 is 0. The fourth-order valence-electron chi connectivity index (χ4n) is 2.65. The van der Waals surface area contributed by atoms with Crippen LogP contribution in [0.25, 0.3) is 0 Å². The van der Waals surface area contributed by atoms with E-state index in [0.29, 0.717) is 6.04 Å². The zero-order valence-corrected chi connectivity index (χ0v) is 10.2. The smallest absolute Gasteiger partial charge is 0.0794 e. The standard InChI is InChI=1S/C16H17NO/c18-16-11-10-15(13-8-4-5-9-14(13)16)17-12-6-2-1-3-7-12/h1-9,15-18H,10-11H2/t15-,16+/m0/s1. The highest BCUT2D eigenvalue weighted by Crippen LogP contribution is 2.37. The molecular weight excluding hydrogens is 222 g/mol. The molecule has 0 aliphatic heterocycles. The molecule has 0 amide bonds. The molecule has 2 heteroatoms. The maximum absolute atomic E-state index is 10.0. The number of hydrogen-bond acceptors (Lipinski definition) is 2. The van der Waals surface area contributed by atoms with Crippen molar-refractivity contribution in [1.29, 1.82) is 0 Å². The highest BCUT2D eigenvalue weighted by Gasteiger charge is 2.25. The first-order valence-corrected chi connectivity index (χ1v) is 6.43. The molecule has 2 atom stereocenters. The summed E-state index contributed by atoms with van der Waals surface area (Å²) in [5.41, 5.74) is 3.42. The van der Waals surface area contributed by atoms with Crippen molar-refractivity contribution in [2.24, 2.45) is 0 Å². The molecule has 0 heterocycles. The quantitative estimate of drug-likeness (QED) is 0.838. The van der Waals surface area contributed by atoms with Gasteiger partial charge in [-0.25, -0.2) is 0 Å². The van der Waals surface area contributed by atoms with E-state index in [2.05, 4.69) is 23.5 Å². The minimum absolute atomic E-state index is 0.298. The fraction of sp³-hybridized carbons (Fsp3) is 0.250. The summed E-state index contributed by atoms with van der Waals surface area (Å²) >= 11 is 0. The van der Waals surface area contributed by atoms with Crippen LogP contribution in [0.2, 0.25) is 0 Å². The summed E-state index contributed by atoms with van der Waals surface area (Å²) in [6.45, 7) is 0. The number of para-hydroxylation sites is 1. The molecule has 0 saturated carbocycles. The fourth-order valence-corrected chi connectivity index (χ4v) is 2.65. The SMILES string of the molecule is O[C@@H]1CC[C@H](Nc2ccccc2)c2ccccc21. The van der Waals surface area contributed by atoms with Gasteiger partial charge in [-0.3, -0.25) is 0 Å². The second-order valence-corrected chi connectivity index (χ2v) is 4.79. The van der Waals surface area contributed by atoms with Crippen molar-refractivity contribution in [3.8, 4) is 0 Å². The van der Waals surface area contributed by atoms with Gasteiger partial charge < -0.3 is 10.4 Å². The highest BCUT2D eigenvalue weighted by atomic mass is 16.3. The number of hydrogen-bond donors (Lipinski definition) is 2. The van der Waals surface area contributed by atoms with Crippen molar-refractivity contribution in [1.82, 2.24) is 0 Å². The van der Waals surface area contributed by atoms with Crippen LogP contribution in [0.15, 0.2) is 54.6 Å². The molecule has 0 aromatic heterocycles. The third kappa shape index (κ3) is 2.12. The van der Waals surface area contributed by atoms with E-state index in [1.54, 1.807) is 0 Å². The highest BCUT2D eigenvalue weighted by molar-refractivity contribution is 5.47. The van der Waals surface area contributed by atoms with Crippen LogP contribution in [0.3, 0.4) is 0 Å².